The number of terminal acetylenes is 1. The molecule has 9 heavy (non-hydrogen) atoms. The van der Waals surface area contributed by atoms with Gasteiger partial charge in [0.2, 0.25) is 0 Å². The van der Waals surface area contributed by atoms with Crippen LogP contribution in [0.4, 0.5) is 0 Å². The van der Waals surface area contributed by atoms with Crippen LogP contribution in [0.15, 0.2) is 0 Å². The quantitative estimate of drug-likeness (QED) is 0.480. The third-order valence-electron chi connectivity index (χ3n) is 1.95. The normalized spacial score (nSPS) is 35.6. The van der Waals surface area contributed by atoms with E-state index in [0.717, 1.165) is 12.8 Å². The van der Waals surface area contributed by atoms with E-state index in [1.165, 1.54) is 12.8 Å². The summed E-state index contributed by atoms with van der Waals surface area (Å²) < 4.78 is 0. The molecule has 1 nitrogen and oxygen atoms in total. The van der Waals surface area contributed by atoms with Gasteiger partial charge >= 0.3 is 0 Å². The van der Waals surface area contributed by atoms with Gasteiger partial charge in [0.1, 0.15) is 0 Å². The first-order valence-electron chi connectivity index (χ1n) is 3.54. The first-order chi connectivity index (χ1) is 4.33. The topological polar surface area (TPSA) is 26.0 Å². The number of hydrogen-bond donors (Lipinski definition) is 1. The largest absolute Gasteiger partial charge is 0.328 e. The summed E-state index contributed by atoms with van der Waals surface area (Å²) in [6.07, 6.45) is 9.87. The van der Waals surface area contributed by atoms with Crippen LogP contribution in [0.1, 0.15) is 25.7 Å². The molecule has 0 radical (unpaired) electrons. The van der Waals surface area contributed by atoms with Crippen molar-refractivity contribution in [1.82, 2.24) is 0 Å². The third kappa shape index (κ3) is 1.73. The predicted octanol–water partition coefficient (Wildman–Crippen LogP) is 1.14. The van der Waals surface area contributed by atoms with Crippen molar-refractivity contribution in [1.29, 1.82) is 0 Å². The van der Waals surface area contributed by atoms with Crippen LogP contribution in [0.3, 0.4) is 0 Å². The SMILES string of the molecule is C#CC1CCCC(N)C1. The molecule has 50 valence electrons. The van der Waals surface area contributed by atoms with E-state index < -0.39 is 0 Å². The molecule has 0 heterocycles. The van der Waals surface area contributed by atoms with E-state index >= 15 is 0 Å². The van der Waals surface area contributed by atoms with Gasteiger partial charge in [0.15, 0.2) is 0 Å². The minimum atomic E-state index is 0.375. The van der Waals surface area contributed by atoms with Crippen LogP contribution in [0.2, 0.25) is 0 Å². The smallest absolute Gasteiger partial charge is 0.0214 e. The van der Waals surface area contributed by atoms with E-state index in [2.05, 4.69) is 5.92 Å². The van der Waals surface area contributed by atoms with E-state index in [-0.39, 0.29) is 0 Å². The highest BCUT2D eigenvalue weighted by Gasteiger charge is 2.16. The second-order valence-corrected chi connectivity index (χ2v) is 2.79. The Morgan fingerprint density at radius 2 is 2.22 bits per heavy atom. The highest BCUT2D eigenvalue weighted by molar-refractivity contribution is 4.96. The number of nitrogens with two attached hydrogens (primary N) is 1. The molecule has 2 unspecified atom stereocenters. The summed E-state index contributed by atoms with van der Waals surface area (Å²) in [5.74, 6) is 3.22. The van der Waals surface area contributed by atoms with Crippen LogP contribution in [-0.4, -0.2) is 6.04 Å². The average Bonchev–Trinajstić information content (AvgIpc) is 1.88. The van der Waals surface area contributed by atoms with Crippen LogP contribution in [-0.2, 0) is 0 Å². The molecular formula is C8H13N. The van der Waals surface area contributed by atoms with Crippen molar-refractivity contribution in [2.24, 2.45) is 11.7 Å². The Kier molecular flexibility index (Phi) is 2.13. The minimum absolute atomic E-state index is 0.375. The molecule has 1 aliphatic carbocycles. The van der Waals surface area contributed by atoms with Crippen molar-refractivity contribution in [3.05, 3.63) is 0 Å². The Bertz CT molecular complexity index is 123. The monoisotopic (exact) mass is 123 g/mol. The molecule has 2 N–H and O–H groups in total. The Balaban J connectivity index is 2.34. The summed E-state index contributed by atoms with van der Waals surface area (Å²) in [5, 5.41) is 0. The molecule has 2 atom stereocenters. The molecule has 0 aromatic heterocycles. The van der Waals surface area contributed by atoms with E-state index in [1.807, 2.05) is 0 Å². The van der Waals surface area contributed by atoms with Gasteiger partial charge in [0.25, 0.3) is 0 Å². The lowest BCUT2D eigenvalue weighted by Crippen LogP contribution is -2.26. The fourth-order valence-electron chi connectivity index (χ4n) is 1.38. The lowest BCUT2D eigenvalue weighted by atomic mass is 9.87. The minimum Gasteiger partial charge on any atom is -0.328 e. The molecule has 0 aliphatic heterocycles. The summed E-state index contributed by atoms with van der Waals surface area (Å²) in [6, 6.07) is 0.375. The van der Waals surface area contributed by atoms with E-state index in [1.54, 1.807) is 0 Å². The zero-order chi connectivity index (χ0) is 6.69. The van der Waals surface area contributed by atoms with Crippen molar-refractivity contribution in [2.45, 2.75) is 31.7 Å². The van der Waals surface area contributed by atoms with Crippen molar-refractivity contribution in [2.75, 3.05) is 0 Å². The molecule has 0 aromatic carbocycles. The summed E-state index contributed by atoms with van der Waals surface area (Å²) >= 11 is 0. The second-order valence-electron chi connectivity index (χ2n) is 2.79. The Morgan fingerprint density at radius 3 is 2.67 bits per heavy atom. The van der Waals surface area contributed by atoms with Gasteiger partial charge in [-0.25, -0.2) is 0 Å². The first kappa shape index (κ1) is 6.64. The Hall–Kier alpha value is -0.480. The van der Waals surface area contributed by atoms with Gasteiger partial charge < -0.3 is 5.73 Å². The van der Waals surface area contributed by atoms with Gasteiger partial charge in [0, 0.05) is 12.0 Å². The zero-order valence-corrected chi connectivity index (χ0v) is 5.64. The van der Waals surface area contributed by atoms with E-state index in [4.69, 9.17) is 12.2 Å². The van der Waals surface area contributed by atoms with Gasteiger partial charge in [-0.1, -0.05) is 6.42 Å². The maximum atomic E-state index is 5.71. The van der Waals surface area contributed by atoms with Crippen LogP contribution >= 0.6 is 0 Å². The summed E-state index contributed by atoms with van der Waals surface area (Å²) in [5.41, 5.74) is 5.71. The van der Waals surface area contributed by atoms with Crippen molar-refractivity contribution < 1.29 is 0 Å². The molecule has 1 fully saturated rings. The Labute approximate surface area is 56.6 Å². The fourth-order valence-corrected chi connectivity index (χ4v) is 1.38. The Morgan fingerprint density at radius 1 is 1.44 bits per heavy atom. The molecule has 0 bridgehead atoms. The molecule has 0 spiro atoms. The molecular weight excluding hydrogens is 110 g/mol. The maximum absolute atomic E-state index is 5.71. The molecule has 0 saturated heterocycles. The molecule has 1 rings (SSSR count). The average molecular weight is 123 g/mol. The van der Waals surface area contributed by atoms with Crippen LogP contribution in [0, 0.1) is 18.3 Å². The van der Waals surface area contributed by atoms with Crippen molar-refractivity contribution >= 4 is 0 Å². The molecule has 1 saturated carbocycles. The number of hydrogen-bond acceptors (Lipinski definition) is 1. The zero-order valence-electron chi connectivity index (χ0n) is 5.64. The lowest BCUT2D eigenvalue weighted by molar-refractivity contribution is 0.381. The standard InChI is InChI=1S/C8H13N/c1-2-7-4-3-5-8(9)6-7/h1,7-8H,3-6,9H2. The third-order valence-corrected chi connectivity index (χ3v) is 1.95. The fraction of sp³-hybridized carbons (Fsp3) is 0.750. The summed E-state index contributed by atoms with van der Waals surface area (Å²) in [6.45, 7) is 0. The van der Waals surface area contributed by atoms with E-state index in [9.17, 15) is 0 Å². The van der Waals surface area contributed by atoms with Gasteiger partial charge in [-0.2, -0.15) is 0 Å². The molecule has 0 amide bonds. The molecule has 1 heteroatoms. The highest BCUT2D eigenvalue weighted by Crippen LogP contribution is 2.21. The van der Waals surface area contributed by atoms with Gasteiger partial charge in [-0.15, -0.1) is 12.3 Å². The number of rotatable bonds is 0. The lowest BCUT2D eigenvalue weighted by Gasteiger charge is -2.22. The van der Waals surface area contributed by atoms with Gasteiger partial charge in [-0.3, -0.25) is 0 Å². The second kappa shape index (κ2) is 2.89. The van der Waals surface area contributed by atoms with Gasteiger partial charge in [-0.05, 0) is 19.3 Å². The predicted molar refractivity (Wildman–Crippen MR) is 38.8 cm³/mol. The first-order valence-corrected chi connectivity index (χ1v) is 3.54. The molecule has 1 aliphatic rings. The van der Waals surface area contributed by atoms with Gasteiger partial charge in [0.05, 0.1) is 0 Å². The summed E-state index contributed by atoms with van der Waals surface area (Å²) in [4.78, 5) is 0. The highest BCUT2D eigenvalue weighted by atomic mass is 14.6. The van der Waals surface area contributed by atoms with E-state index in [0.29, 0.717) is 12.0 Å². The maximum Gasteiger partial charge on any atom is 0.0214 e. The van der Waals surface area contributed by atoms with Crippen LogP contribution in [0.25, 0.3) is 0 Å². The molecule has 0 aromatic rings. The van der Waals surface area contributed by atoms with Crippen molar-refractivity contribution in [3.8, 4) is 12.3 Å². The van der Waals surface area contributed by atoms with Crippen LogP contribution in [0.5, 0.6) is 0 Å². The summed E-state index contributed by atoms with van der Waals surface area (Å²) in [7, 11) is 0. The van der Waals surface area contributed by atoms with Crippen molar-refractivity contribution in [3.63, 3.8) is 0 Å². The van der Waals surface area contributed by atoms with Crippen LogP contribution < -0.4 is 5.73 Å².